The van der Waals surface area contributed by atoms with E-state index in [1.807, 2.05) is 0 Å². The van der Waals surface area contributed by atoms with E-state index in [4.69, 9.17) is 15.3 Å². The highest BCUT2D eigenvalue weighted by Gasteiger charge is 2.12. The molecule has 2 heterocycles. The number of aromatic carboxylic acids is 1. The van der Waals surface area contributed by atoms with Gasteiger partial charge in [-0.1, -0.05) is 0 Å². The van der Waals surface area contributed by atoms with Gasteiger partial charge in [0.05, 0.1) is 12.9 Å². The molecule has 1 amide bonds. The molecule has 0 saturated heterocycles. The summed E-state index contributed by atoms with van der Waals surface area (Å²) in [5, 5.41) is 11.3. The van der Waals surface area contributed by atoms with E-state index < -0.39 is 5.97 Å². The summed E-state index contributed by atoms with van der Waals surface area (Å²) in [5.41, 5.74) is 5.66. The standard InChI is InChI=1S/C12H14N4O4/c13-3-4-16-6-9(15-7-16)11(17)14-5-8-1-2-10(20-8)12(18)19/h1-2,6-7H,3-5,13H2,(H,14,17)(H,18,19). The maximum Gasteiger partial charge on any atom is 0.371 e. The third-order valence-corrected chi connectivity index (χ3v) is 2.55. The van der Waals surface area contributed by atoms with Crippen LogP contribution in [0.25, 0.3) is 0 Å². The second-order valence-corrected chi connectivity index (χ2v) is 4.04. The zero-order valence-corrected chi connectivity index (χ0v) is 10.6. The molecule has 0 bridgehead atoms. The van der Waals surface area contributed by atoms with Crippen molar-refractivity contribution < 1.29 is 19.1 Å². The summed E-state index contributed by atoms with van der Waals surface area (Å²) < 4.78 is 6.73. The Labute approximate surface area is 114 Å². The van der Waals surface area contributed by atoms with Crippen LogP contribution in [0.1, 0.15) is 26.8 Å². The molecule has 2 rings (SSSR count). The number of furan rings is 1. The van der Waals surface area contributed by atoms with Gasteiger partial charge in [-0.05, 0) is 12.1 Å². The molecule has 8 nitrogen and oxygen atoms in total. The third kappa shape index (κ3) is 3.23. The van der Waals surface area contributed by atoms with Gasteiger partial charge in [0.2, 0.25) is 5.76 Å². The van der Waals surface area contributed by atoms with Gasteiger partial charge >= 0.3 is 5.97 Å². The number of nitrogens with one attached hydrogen (secondary N) is 1. The molecule has 2 aromatic heterocycles. The Kier molecular flexibility index (Phi) is 4.16. The van der Waals surface area contributed by atoms with Gasteiger partial charge in [0, 0.05) is 19.3 Å². The molecule has 4 N–H and O–H groups in total. The monoisotopic (exact) mass is 278 g/mol. The number of rotatable bonds is 6. The summed E-state index contributed by atoms with van der Waals surface area (Å²) in [6.07, 6.45) is 3.12. The van der Waals surface area contributed by atoms with Gasteiger partial charge in [-0.15, -0.1) is 0 Å². The average Bonchev–Trinajstić information content (AvgIpc) is 3.05. The minimum atomic E-state index is -1.15. The van der Waals surface area contributed by atoms with Crippen molar-refractivity contribution in [3.05, 3.63) is 41.9 Å². The molecule has 0 aliphatic rings. The summed E-state index contributed by atoms with van der Waals surface area (Å²) >= 11 is 0. The molecule has 106 valence electrons. The normalized spacial score (nSPS) is 10.4. The SMILES string of the molecule is NCCn1cnc(C(=O)NCc2ccc(C(=O)O)o2)c1. The van der Waals surface area contributed by atoms with Crippen LogP contribution in [0.5, 0.6) is 0 Å². The molecule has 0 aliphatic carbocycles. The van der Waals surface area contributed by atoms with Crippen LogP contribution in [0.15, 0.2) is 29.1 Å². The Morgan fingerprint density at radius 2 is 2.25 bits per heavy atom. The second kappa shape index (κ2) is 6.02. The smallest absolute Gasteiger partial charge is 0.371 e. The molecule has 0 saturated carbocycles. The van der Waals surface area contributed by atoms with Crippen molar-refractivity contribution >= 4 is 11.9 Å². The van der Waals surface area contributed by atoms with Gasteiger partial charge in [-0.25, -0.2) is 9.78 Å². The number of carboxylic acid groups (broad SMARTS) is 1. The lowest BCUT2D eigenvalue weighted by atomic mass is 10.4. The Morgan fingerprint density at radius 1 is 1.45 bits per heavy atom. The molecular formula is C12H14N4O4. The van der Waals surface area contributed by atoms with Crippen LogP contribution in [-0.4, -0.2) is 33.1 Å². The first-order valence-electron chi connectivity index (χ1n) is 5.92. The van der Waals surface area contributed by atoms with E-state index in [1.165, 1.54) is 18.5 Å². The summed E-state index contributed by atoms with van der Waals surface area (Å²) in [4.78, 5) is 26.4. The number of imidazole rings is 1. The molecule has 2 aromatic rings. The largest absolute Gasteiger partial charge is 0.475 e. The van der Waals surface area contributed by atoms with Gasteiger partial charge in [-0.2, -0.15) is 0 Å². The zero-order valence-electron chi connectivity index (χ0n) is 10.6. The summed E-state index contributed by atoms with van der Waals surface area (Å²) in [6.45, 7) is 1.14. The Balaban J connectivity index is 1.91. The molecule has 0 spiro atoms. The molecule has 0 radical (unpaired) electrons. The van der Waals surface area contributed by atoms with Crippen molar-refractivity contribution in [1.29, 1.82) is 0 Å². The molecule has 0 aliphatic heterocycles. The molecule has 0 unspecified atom stereocenters. The molecule has 8 heteroatoms. The molecular weight excluding hydrogens is 264 g/mol. The van der Waals surface area contributed by atoms with Crippen LogP contribution in [0.3, 0.4) is 0 Å². The topological polar surface area (TPSA) is 123 Å². The minimum absolute atomic E-state index is 0.0931. The number of hydrogen-bond donors (Lipinski definition) is 3. The van der Waals surface area contributed by atoms with E-state index in [0.29, 0.717) is 18.8 Å². The van der Waals surface area contributed by atoms with Gasteiger partial charge < -0.3 is 25.1 Å². The maximum absolute atomic E-state index is 11.8. The predicted molar refractivity (Wildman–Crippen MR) is 68.1 cm³/mol. The average molecular weight is 278 g/mol. The van der Waals surface area contributed by atoms with Gasteiger partial charge in [0.15, 0.2) is 0 Å². The van der Waals surface area contributed by atoms with Gasteiger partial charge in [-0.3, -0.25) is 4.79 Å². The fourth-order valence-corrected chi connectivity index (χ4v) is 1.59. The number of carbonyl (C=O) groups excluding carboxylic acids is 1. The van der Waals surface area contributed by atoms with Crippen molar-refractivity contribution in [2.24, 2.45) is 5.73 Å². The van der Waals surface area contributed by atoms with Crippen LogP contribution >= 0.6 is 0 Å². The van der Waals surface area contributed by atoms with E-state index in [2.05, 4.69) is 10.3 Å². The predicted octanol–water partition coefficient (Wildman–Crippen LogP) is 0.0630. The zero-order chi connectivity index (χ0) is 14.5. The number of carboxylic acids is 1. The summed E-state index contributed by atoms with van der Waals surface area (Å²) in [6, 6.07) is 2.83. The molecule has 0 atom stereocenters. The highest BCUT2D eigenvalue weighted by atomic mass is 16.4. The first-order chi connectivity index (χ1) is 9.60. The van der Waals surface area contributed by atoms with Crippen LogP contribution in [-0.2, 0) is 13.1 Å². The third-order valence-electron chi connectivity index (χ3n) is 2.55. The fraction of sp³-hybridized carbons (Fsp3) is 0.250. The van der Waals surface area contributed by atoms with E-state index in [1.54, 1.807) is 10.8 Å². The first-order valence-corrected chi connectivity index (χ1v) is 5.92. The second-order valence-electron chi connectivity index (χ2n) is 4.04. The number of nitrogens with two attached hydrogens (primary N) is 1. The van der Waals surface area contributed by atoms with Gasteiger partial charge in [0.25, 0.3) is 5.91 Å². The lowest BCUT2D eigenvalue weighted by molar-refractivity contribution is 0.0660. The molecule has 20 heavy (non-hydrogen) atoms. The van der Waals surface area contributed by atoms with Crippen molar-refractivity contribution in [2.45, 2.75) is 13.1 Å². The number of aromatic nitrogens is 2. The van der Waals surface area contributed by atoms with Crippen molar-refractivity contribution in [3.63, 3.8) is 0 Å². The van der Waals surface area contributed by atoms with E-state index in [0.717, 1.165) is 0 Å². The highest BCUT2D eigenvalue weighted by Crippen LogP contribution is 2.07. The Bertz CT molecular complexity index is 617. The van der Waals surface area contributed by atoms with Gasteiger partial charge in [0.1, 0.15) is 11.5 Å². The van der Waals surface area contributed by atoms with Crippen LogP contribution in [0.4, 0.5) is 0 Å². The molecule has 0 aromatic carbocycles. The summed E-state index contributed by atoms with van der Waals surface area (Å²) in [5.74, 6) is -1.32. The lowest BCUT2D eigenvalue weighted by Crippen LogP contribution is -2.23. The Hall–Kier alpha value is -2.61. The quantitative estimate of drug-likeness (QED) is 0.686. The maximum atomic E-state index is 11.8. The summed E-state index contributed by atoms with van der Waals surface area (Å²) in [7, 11) is 0. The Morgan fingerprint density at radius 3 is 2.90 bits per heavy atom. The van der Waals surface area contributed by atoms with E-state index >= 15 is 0 Å². The number of hydrogen-bond acceptors (Lipinski definition) is 5. The highest BCUT2D eigenvalue weighted by molar-refractivity contribution is 5.92. The van der Waals surface area contributed by atoms with Crippen LogP contribution in [0.2, 0.25) is 0 Å². The lowest BCUT2D eigenvalue weighted by Gasteiger charge is -2.00. The van der Waals surface area contributed by atoms with Crippen LogP contribution < -0.4 is 11.1 Å². The number of carbonyl (C=O) groups is 2. The van der Waals surface area contributed by atoms with Crippen molar-refractivity contribution in [3.8, 4) is 0 Å². The van der Waals surface area contributed by atoms with Crippen molar-refractivity contribution in [2.75, 3.05) is 6.54 Å². The molecule has 0 fully saturated rings. The van der Waals surface area contributed by atoms with E-state index in [9.17, 15) is 9.59 Å². The van der Waals surface area contributed by atoms with Crippen LogP contribution in [0, 0.1) is 0 Å². The van der Waals surface area contributed by atoms with E-state index in [-0.39, 0.29) is 23.9 Å². The van der Waals surface area contributed by atoms with Crippen molar-refractivity contribution in [1.82, 2.24) is 14.9 Å². The minimum Gasteiger partial charge on any atom is -0.475 e. The first kappa shape index (κ1) is 13.8. The fourth-order valence-electron chi connectivity index (χ4n) is 1.59. The number of amides is 1. The number of nitrogens with zero attached hydrogens (tertiary/aromatic N) is 2.